The van der Waals surface area contributed by atoms with Gasteiger partial charge in [-0.05, 0) is 36.4 Å². The molecular weight excluding hydrogens is 292 g/mol. The third-order valence-electron chi connectivity index (χ3n) is 3.68. The van der Waals surface area contributed by atoms with Crippen molar-refractivity contribution in [1.29, 1.82) is 5.26 Å². The van der Waals surface area contributed by atoms with E-state index in [9.17, 15) is 5.11 Å². The highest BCUT2D eigenvalue weighted by Gasteiger charge is 2.20. The van der Waals surface area contributed by atoms with Crippen molar-refractivity contribution in [3.05, 3.63) is 54.1 Å². The Balaban J connectivity index is 1.55. The summed E-state index contributed by atoms with van der Waals surface area (Å²) in [6.45, 7) is 2.03. The second-order valence-electron chi connectivity index (χ2n) is 5.36. The maximum Gasteiger partial charge on any atom is 0.142 e. The van der Waals surface area contributed by atoms with Crippen LogP contribution >= 0.6 is 0 Å². The van der Waals surface area contributed by atoms with Gasteiger partial charge in [-0.15, -0.1) is 0 Å². The summed E-state index contributed by atoms with van der Waals surface area (Å²) >= 11 is 0. The molecule has 118 valence electrons. The topological polar surface area (TPSA) is 65.7 Å². The highest BCUT2D eigenvalue weighted by molar-refractivity contribution is 5.59. The summed E-state index contributed by atoms with van der Waals surface area (Å²) in [6, 6.07) is 16.7. The van der Waals surface area contributed by atoms with Crippen LogP contribution in [0.1, 0.15) is 5.56 Å². The molecule has 0 saturated carbocycles. The van der Waals surface area contributed by atoms with E-state index in [1.54, 1.807) is 24.3 Å². The number of hydrogen-bond acceptors (Lipinski definition) is 5. The van der Waals surface area contributed by atoms with Crippen molar-refractivity contribution in [1.82, 2.24) is 0 Å². The molecular formula is C18H18N2O3. The van der Waals surface area contributed by atoms with Crippen LogP contribution in [-0.2, 0) is 0 Å². The maximum absolute atomic E-state index is 10.2. The number of benzene rings is 2. The standard InChI is InChI=1S/C18H18N2O3/c19-11-14-5-7-16(8-6-14)23-13-15(21)12-20-9-10-22-18-4-2-1-3-17(18)20/h1-8,15,21H,9-10,12-13H2/t15-/m1/s1. The Bertz CT molecular complexity index is 694. The SMILES string of the molecule is N#Cc1ccc(OC[C@H](O)CN2CCOc3ccccc32)cc1. The summed E-state index contributed by atoms with van der Waals surface area (Å²) in [5, 5.41) is 19.0. The van der Waals surface area contributed by atoms with Gasteiger partial charge in [-0.25, -0.2) is 0 Å². The zero-order chi connectivity index (χ0) is 16.1. The highest BCUT2D eigenvalue weighted by Crippen LogP contribution is 2.30. The molecule has 0 saturated heterocycles. The van der Waals surface area contributed by atoms with Gasteiger partial charge in [-0.1, -0.05) is 12.1 Å². The van der Waals surface area contributed by atoms with Crippen LogP contribution in [0.5, 0.6) is 11.5 Å². The highest BCUT2D eigenvalue weighted by atomic mass is 16.5. The van der Waals surface area contributed by atoms with Crippen molar-refractivity contribution in [2.45, 2.75) is 6.10 Å². The lowest BCUT2D eigenvalue weighted by molar-refractivity contribution is 0.110. The molecule has 5 heteroatoms. The Hall–Kier alpha value is -2.71. The minimum Gasteiger partial charge on any atom is -0.491 e. The molecule has 2 aromatic carbocycles. The fourth-order valence-corrected chi connectivity index (χ4v) is 2.54. The molecule has 2 aromatic rings. The van der Waals surface area contributed by atoms with E-state index in [2.05, 4.69) is 11.0 Å². The molecule has 0 bridgehead atoms. The minimum absolute atomic E-state index is 0.200. The molecule has 0 aromatic heterocycles. The van der Waals surface area contributed by atoms with E-state index in [0.717, 1.165) is 18.0 Å². The van der Waals surface area contributed by atoms with E-state index < -0.39 is 6.10 Å². The van der Waals surface area contributed by atoms with Gasteiger partial charge >= 0.3 is 0 Å². The average Bonchev–Trinajstić information content (AvgIpc) is 2.61. The van der Waals surface area contributed by atoms with Gasteiger partial charge in [0.1, 0.15) is 30.8 Å². The van der Waals surface area contributed by atoms with Crippen LogP contribution in [0.4, 0.5) is 5.69 Å². The van der Waals surface area contributed by atoms with Gasteiger partial charge in [0.05, 0.1) is 23.9 Å². The molecule has 3 rings (SSSR count). The van der Waals surface area contributed by atoms with Gasteiger partial charge < -0.3 is 19.5 Å². The molecule has 1 atom stereocenters. The summed E-state index contributed by atoms with van der Waals surface area (Å²) in [5.41, 5.74) is 1.58. The first kappa shape index (κ1) is 15.2. The van der Waals surface area contributed by atoms with E-state index in [1.165, 1.54) is 0 Å². The number of aliphatic hydroxyl groups is 1. The van der Waals surface area contributed by atoms with E-state index in [1.807, 2.05) is 24.3 Å². The van der Waals surface area contributed by atoms with Crippen LogP contribution in [0.2, 0.25) is 0 Å². The first-order valence-corrected chi connectivity index (χ1v) is 7.54. The second-order valence-corrected chi connectivity index (χ2v) is 5.36. The van der Waals surface area contributed by atoms with Crippen LogP contribution in [0, 0.1) is 11.3 Å². The number of nitriles is 1. The van der Waals surface area contributed by atoms with Crippen molar-refractivity contribution in [3.63, 3.8) is 0 Å². The fourth-order valence-electron chi connectivity index (χ4n) is 2.54. The van der Waals surface area contributed by atoms with Gasteiger partial charge in [0.25, 0.3) is 0 Å². The number of hydrogen-bond donors (Lipinski definition) is 1. The summed E-state index contributed by atoms with van der Waals surface area (Å²) in [6.07, 6.45) is -0.614. The molecule has 23 heavy (non-hydrogen) atoms. The zero-order valence-electron chi connectivity index (χ0n) is 12.7. The molecule has 0 fully saturated rings. The number of nitrogens with zero attached hydrogens (tertiary/aromatic N) is 2. The zero-order valence-corrected chi connectivity index (χ0v) is 12.7. The normalized spacial score (nSPS) is 14.3. The van der Waals surface area contributed by atoms with Crippen molar-refractivity contribution in [2.24, 2.45) is 0 Å². The molecule has 1 heterocycles. The Kier molecular flexibility index (Phi) is 4.65. The van der Waals surface area contributed by atoms with Crippen molar-refractivity contribution in [2.75, 3.05) is 31.2 Å². The van der Waals surface area contributed by atoms with Gasteiger partial charge in [-0.3, -0.25) is 0 Å². The second kappa shape index (κ2) is 7.03. The number of ether oxygens (including phenoxy) is 2. The molecule has 0 unspecified atom stereocenters. The maximum atomic E-state index is 10.2. The Morgan fingerprint density at radius 3 is 2.78 bits per heavy atom. The average molecular weight is 310 g/mol. The van der Waals surface area contributed by atoms with Gasteiger partial charge in [0.2, 0.25) is 0 Å². The van der Waals surface area contributed by atoms with Crippen LogP contribution < -0.4 is 14.4 Å². The number of fused-ring (bicyclic) bond motifs is 1. The Morgan fingerprint density at radius 1 is 1.22 bits per heavy atom. The molecule has 0 amide bonds. The van der Waals surface area contributed by atoms with Crippen molar-refractivity contribution in [3.8, 4) is 17.6 Å². The summed E-state index contributed by atoms with van der Waals surface area (Å²) in [5.74, 6) is 1.49. The molecule has 0 aliphatic carbocycles. The molecule has 0 radical (unpaired) electrons. The number of β-amino-alcohol motifs (C(OH)–C–C–N with tert-alkyl or cyclic N) is 1. The monoisotopic (exact) mass is 310 g/mol. The van der Waals surface area contributed by atoms with Gasteiger partial charge in [-0.2, -0.15) is 5.26 Å². The van der Waals surface area contributed by atoms with Gasteiger partial charge in [0.15, 0.2) is 0 Å². The number of rotatable bonds is 5. The lowest BCUT2D eigenvalue weighted by Gasteiger charge is -2.32. The first-order chi connectivity index (χ1) is 11.3. The first-order valence-electron chi connectivity index (χ1n) is 7.54. The number of para-hydroxylation sites is 2. The third kappa shape index (κ3) is 3.74. The van der Waals surface area contributed by atoms with Gasteiger partial charge in [0, 0.05) is 6.54 Å². The van der Waals surface area contributed by atoms with E-state index >= 15 is 0 Å². The number of aliphatic hydroxyl groups excluding tert-OH is 1. The third-order valence-corrected chi connectivity index (χ3v) is 3.68. The molecule has 1 aliphatic rings. The predicted octanol–water partition coefficient (Wildman–Crippen LogP) is 2.20. The summed E-state index contributed by atoms with van der Waals surface area (Å²) in [7, 11) is 0. The quantitative estimate of drug-likeness (QED) is 0.917. The summed E-state index contributed by atoms with van der Waals surface area (Å²) < 4.78 is 11.2. The molecule has 1 aliphatic heterocycles. The Labute approximate surface area is 135 Å². The van der Waals surface area contributed by atoms with Crippen molar-refractivity contribution < 1.29 is 14.6 Å². The van der Waals surface area contributed by atoms with E-state index in [4.69, 9.17) is 14.7 Å². The van der Waals surface area contributed by atoms with E-state index in [-0.39, 0.29) is 6.61 Å². The lowest BCUT2D eigenvalue weighted by atomic mass is 10.2. The minimum atomic E-state index is -0.614. The Morgan fingerprint density at radius 2 is 2.00 bits per heavy atom. The van der Waals surface area contributed by atoms with Crippen molar-refractivity contribution >= 4 is 5.69 Å². The van der Waals surface area contributed by atoms with Crippen LogP contribution in [0.3, 0.4) is 0 Å². The van der Waals surface area contributed by atoms with Crippen LogP contribution in [0.25, 0.3) is 0 Å². The fraction of sp³-hybridized carbons (Fsp3) is 0.278. The van der Waals surface area contributed by atoms with Crippen LogP contribution in [0.15, 0.2) is 48.5 Å². The predicted molar refractivity (Wildman–Crippen MR) is 86.8 cm³/mol. The largest absolute Gasteiger partial charge is 0.491 e. The molecule has 1 N–H and O–H groups in total. The molecule has 0 spiro atoms. The van der Waals surface area contributed by atoms with Crippen LogP contribution in [-0.4, -0.2) is 37.5 Å². The number of anilines is 1. The smallest absolute Gasteiger partial charge is 0.142 e. The molecule has 5 nitrogen and oxygen atoms in total. The summed E-state index contributed by atoms with van der Waals surface area (Å²) in [4.78, 5) is 2.10. The van der Waals surface area contributed by atoms with E-state index in [0.29, 0.717) is 24.5 Å². The lowest BCUT2D eigenvalue weighted by Crippen LogP contribution is -2.40.